The molecule has 0 saturated heterocycles. The van der Waals surface area contributed by atoms with Crippen molar-refractivity contribution >= 4 is 17.8 Å². The summed E-state index contributed by atoms with van der Waals surface area (Å²) in [6.07, 6.45) is 1.23. The van der Waals surface area contributed by atoms with Gasteiger partial charge in [-0.2, -0.15) is 13.9 Å². The Morgan fingerprint density at radius 3 is 2.56 bits per heavy atom. The van der Waals surface area contributed by atoms with Crippen LogP contribution >= 0.6 is 0 Å². The third kappa shape index (κ3) is 5.76. The summed E-state index contributed by atoms with van der Waals surface area (Å²) < 4.78 is 34.2. The minimum Gasteiger partial charge on any atom is -0.495 e. The lowest BCUT2D eigenvalue weighted by molar-refractivity contribution is -0.119. The highest BCUT2D eigenvalue weighted by Gasteiger charge is 2.08. The van der Waals surface area contributed by atoms with Crippen molar-refractivity contribution in [2.75, 3.05) is 19.0 Å². The predicted octanol–water partition coefficient (Wildman–Crippen LogP) is 2.86. The number of carbonyl (C=O) groups is 1. The molecule has 0 aliphatic heterocycles. The van der Waals surface area contributed by atoms with Crippen molar-refractivity contribution in [3.05, 3.63) is 54.1 Å². The summed E-state index contributed by atoms with van der Waals surface area (Å²) in [6, 6.07) is 13.3. The number of halogens is 2. The van der Waals surface area contributed by atoms with Crippen molar-refractivity contribution in [2.24, 2.45) is 5.10 Å². The third-order valence-electron chi connectivity index (χ3n) is 3.07. The number of hydrogen-bond acceptors (Lipinski definition) is 5. The fourth-order valence-electron chi connectivity index (χ4n) is 1.97. The van der Waals surface area contributed by atoms with Crippen LogP contribution in [0, 0.1) is 0 Å². The van der Waals surface area contributed by atoms with Gasteiger partial charge in [0.15, 0.2) is 0 Å². The number of alkyl halides is 2. The third-order valence-corrected chi connectivity index (χ3v) is 3.07. The number of carbonyl (C=O) groups excluding carboxylic acids is 1. The Labute approximate surface area is 143 Å². The zero-order valence-corrected chi connectivity index (χ0v) is 13.4. The average Bonchev–Trinajstić information content (AvgIpc) is 2.61. The smallest absolute Gasteiger partial charge is 0.387 e. The molecule has 0 bridgehead atoms. The fraction of sp³-hybridized carbons (Fsp3) is 0.176. The number of benzene rings is 2. The first-order valence-corrected chi connectivity index (χ1v) is 7.33. The van der Waals surface area contributed by atoms with E-state index in [0.717, 1.165) is 0 Å². The van der Waals surface area contributed by atoms with E-state index in [1.54, 1.807) is 36.4 Å². The quantitative estimate of drug-likeness (QED) is 0.568. The van der Waals surface area contributed by atoms with Gasteiger partial charge in [-0.3, -0.25) is 4.79 Å². The predicted molar refractivity (Wildman–Crippen MR) is 90.3 cm³/mol. The fourth-order valence-corrected chi connectivity index (χ4v) is 1.97. The molecule has 2 rings (SSSR count). The second-order valence-electron chi connectivity index (χ2n) is 4.76. The van der Waals surface area contributed by atoms with Crippen LogP contribution in [0.4, 0.5) is 14.5 Å². The standard InChI is InChI=1S/C17H17F2N3O3/c1-24-15-9-5-3-7-13(15)20-11-16(23)22-21-10-12-6-2-4-8-14(12)25-17(18)19/h2-10,17,20H,11H2,1H3,(H,22,23)/b21-10-. The van der Waals surface area contributed by atoms with E-state index in [1.165, 1.54) is 19.4 Å². The van der Waals surface area contributed by atoms with Crippen LogP contribution in [-0.4, -0.2) is 32.4 Å². The van der Waals surface area contributed by atoms with Gasteiger partial charge in [0.2, 0.25) is 0 Å². The van der Waals surface area contributed by atoms with Gasteiger partial charge in [0.1, 0.15) is 11.5 Å². The SMILES string of the molecule is COc1ccccc1NCC(=O)N/N=C\c1ccccc1OC(F)F. The molecule has 0 unspecified atom stereocenters. The summed E-state index contributed by atoms with van der Waals surface area (Å²) in [4.78, 5) is 11.8. The Balaban J connectivity index is 1.89. The van der Waals surface area contributed by atoms with Crippen LogP contribution in [0.3, 0.4) is 0 Å². The summed E-state index contributed by atoms with van der Waals surface area (Å²) in [5.74, 6) is 0.175. The molecule has 0 spiro atoms. The van der Waals surface area contributed by atoms with Gasteiger partial charge >= 0.3 is 6.61 Å². The first kappa shape index (κ1) is 18.2. The van der Waals surface area contributed by atoms with Gasteiger partial charge < -0.3 is 14.8 Å². The molecule has 2 aromatic carbocycles. The second kappa shape index (κ2) is 9.21. The number of ether oxygens (including phenoxy) is 2. The minimum atomic E-state index is -2.94. The monoisotopic (exact) mass is 349 g/mol. The van der Waals surface area contributed by atoms with Gasteiger partial charge in [0.05, 0.1) is 25.6 Å². The molecule has 0 radical (unpaired) electrons. The summed E-state index contributed by atoms with van der Waals surface area (Å²) in [5.41, 5.74) is 3.29. The van der Waals surface area contributed by atoms with Crippen LogP contribution in [0.2, 0.25) is 0 Å². The maximum Gasteiger partial charge on any atom is 0.387 e. The minimum absolute atomic E-state index is 0.0253. The zero-order valence-electron chi connectivity index (χ0n) is 13.4. The van der Waals surface area contributed by atoms with E-state index in [4.69, 9.17) is 4.74 Å². The van der Waals surface area contributed by atoms with E-state index in [-0.39, 0.29) is 12.3 Å². The highest BCUT2D eigenvalue weighted by atomic mass is 19.3. The Bertz CT molecular complexity index is 739. The van der Waals surface area contributed by atoms with Gasteiger partial charge in [0.25, 0.3) is 5.91 Å². The second-order valence-corrected chi connectivity index (χ2v) is 4.76. The lowest BCUT2D eigenvalue weighted by Crippen LogP contribution is -2.26. The average molecular weight is 349 g/mol. The number of methoxy groups -OCH3 is 1. The maximum atomic E-state index is 12.3. The largest absolute Gasteiger partial charge is 0.495 e. The first-order valence-electron chi connectivity index (χ1n) is 7.33. The number of hydrazone groups is 1. The maximum absolute atomic E-state index is 12.3. The lowest BCUT2D eigenvalue weighted by Gasteiger charge is -2.10. The van der Waals surface area contributed by atoms with Crippen molar-refractivity contribution in [2.45, 2.75) is 6.61 Å². The van der Waals surface area contributed by atoms with E-state index in [9.17, 15) is 13.6 Å². The molecule has 0 heterocycles. The van der Waals surface area contributed by atoms with Crippen LogP contribution in [0.15, 0.2) is 53.6 Å². The van der Waals surface area contributed by atoms with Crippen molar-refractivity contribution < 1.29 is 23.0 Å². The van der Waals surface area contributed by atoms with E-state index >= 15 is 0 Å². The molecule has 0 saturated carbocycles. The number of nitrogens with one attached hydrogen (secondary N) is 2. The number of rotatable bonds is 8. The Morgan fingerprint density at radius 2 is 1.84 bits per heavy atom. The molecule has 2 aromatic rings. The molecule has 6 nitrogen and oxygen atoms in total. The van der Waals surface area contributed by atoms with Crippen molar-refractivity contribution in [1.82, 2.24) is 5.43 Å². The molecule has 25 heavy (non-hydrogen) atoms. The molecule has 8 heteroatoms. The Morgan fingerprint density at radius 1 is 1.16 bits per heavy atom. The molecule has 0 aliphatic rings. The van der Waals surface area contributed by atoms with Crippen molar-refractivity contribution in [3.8, 4) is 11.5 Å². The van der Waals surface area contributed by atoms with E-state index in [0.29, 0.717) is 17.0 Å². The van der Waals surface area contributed by atoms with Crippen LogP contribution < -0.4 is 20.2 Å². The number of anilines is 1. The van der Waals surface area contributed by atoms with Crippen LogP contribution in [0.5, 0.6) is 11.5 Å². The zero-order chi connectivity index (χ0) is 18.1. The summed E-state index contributed by atoms with van der Waals surface area (Å²) in [5, 5.41) is 6.66. The summed E-state index contributed by atoms with van der Waals surface area (Å²) >= 11 is 0. The van der Waals surface area contributed by atoms with Gasteiger partial charge in [-0.05, 0) is 24.3 Å². The molecule has 0 aromatic heterocycles. The van der Waals surface area contributed by atoms with Gasteiger partial charge in [-0.1, -0.05) is 24.3 Å². The Hall–Kier alpha value is -3.16. The summed E-state index contributed by atoms with van der Waals surface area (Å²) in [7, 11) is 1.53. The van der Waals surface area contributed by atoms with E-state index < -0.39 is 12.5 Å². The molecule has 0 aliphatic carbocycles. The van der Waals surface area contributed by atoms with Gasteiger partial charge in [0, 0.05) is 5.56 Å². The number of hydrogen-bond donors (Lipinski definition) is 2. The molecule has 0 atom stereocenters. The Kier molecular flexibility index (Phi) is 6.70. The normalized spacial score (nSPS) is 10.7. The number of amides is 1. The number of para-hydroxylation sites is 3. The van der Waals surface area contributed by atoms with Crippen LogP contribution in [0.1, 0.15) is 5.56 Å². The topological polar surface area (TPSA) is 72.0 Å². The summed E-state index contributed by atoms with van der Waals surface area (Å²) in [6.45, 7) is -2.97. The lowest BCUT2D eigenvalue weighted by atomic mass is 10.2. The van der Waals surface area contributed by atoms with Gasteiger partial charge in [-0.25, -0.2) is 5.43 Å². The molecule has 2 N–H and O–H groups in total. The van der Waals surface area contributed by atoms with Crippen LogP contribution in [0.25, 0.3) is 0 Å². The molecular formula is C17H17F2N3O3. The number of nitrogens with zero attached hydrogens (tertiary/aromatic N) is 1. The van der Waals surface area contributed by atoms with Crippen molar-refractivity contribution in [1.29, 1.82) is 0 Å². The molecule has 132 valence electrons. The van der Waals surface area contributed by atoms with Crippen LogP contribution in [-0.2, 0) is 4.79 Å². The molecule has 1 amide bonds. The molecule has 0 fully saturated rings. The van der Waals surface area contributed by atoms with Gasteiger partial charge in [-0.15, -0.1) is 0 Å². The first-order chi connectivity index (χ1) is 12.1. The van der Waals surface area contributed by atoms with E-state index in [1.807, 2.05) is 6.07 Å². The van der Waals surface area contributed by atoms with E-state index in [2.05, 4.69) is 20.6 Å². The highest BCUT2D eigenvalue weighted by molar-refractivity contribution is 5.86. The molecular weight excluding hydrogens is 332 g/mol. The van der Waals surface area contributed by atoms with Crippen molar-refractivity contribution in [3.63, 3.8) is 0 Å². The highest BCUT2D eigenvalue weighted by Crippen LogP contribution is 2.22.